The third kappa shape index (κ3) is 4.50. The number of hydrogen-bond acceptors (Lipinski definition) is 3. The normalized spacial score (nSPS) is 11.5. The van der Waals surface area contributed by atoms with Gasteiger partial charge in [-0.3, -0.25) is 5.43 Å². The standard InChI is InChI=1S/C12H16ClN3OS/c1-7(2)14-12(18)16-15-8(3)10-6-9(13)4-5-11(10)17/h4-7,17H,1-3H3,(H2,14,16,18)/b15-8+. The van der Waals surface area contributed by atoms with Gasteiger partial charge in [-0.1, -0.05) is 11.6 Å². The molecule has 98 valence electrons. The van der Waals surface area contributed by atoms with Crippen molar-refractivity contribution in [2.75, 3.05) is 0 Å². The number of benzene rings is 1. The van der Waals surface area contributed by atoms with Gasteiger partial charge in [0.15, 0.2) is 5.11 Å². The van der Waals surface area contributed by atoms with Crippen molar-refractivity contribution in [3.8, 4) is 5.75 Å². The van der Waals surface area contributed by atoms with Crippen LogP contribution in [0.25, 0.3) is 0 Å². The lowest BCUT2D eigenvalue weighted by molar-refractivity contribution is 0.474. The molecule has 0 saturated heterocycles. The zero-order valence-corrected chi connectivity index (χ0v) is 12.1. The molecule has 0 heterocycles. The van der Waals surface area contributed by atoms with Crippen LogP contribution in [0.15, 0.2) is 23.3 Å². The van der Waals surface area contributed by atoms with E-state index in [1.54, 1.807) is 19.1 Å². The summed E-state index contributed by atoms with van der Waals surface area (Å²) in [7, 11) is 0. The Morgan fingerprint density at radius 2 is 2.11 bits per heavy atom. The minimum Gasteiger partial charge on any atom is -0.507 e. The first-order valence-corrected chi connectivity index (χ1v) is 6.28. The van der Waals surface area contributed by atoms with Gasteiger partial charge in [-0.05, 0) is 51.2 Å². The minimum absolute atomic E-state index is 0.130. The van der Waals surface area contributed by atoms with E-state index < -0.39 is 0 Å². The number of nitrogens with one attached hydrogen (secondary N) is 2. The molecule has 18 heavy (non-hydrogen) atoms. The van der Waals surface area contributed by atoms with Gasteiger partial charge in [-0.2, -0.15) is 5.10 Å². The summed E-state index contributed by atoms with van der Waals surface area (Å²) in [6, 6.07) is 5.03. The molecule has 1 aromatic rings. The molecule has 0 aliphatic rings. The highest BCUT2D eigenvalue weighted by Gasteiger charge is 2.06. The Labute approximate surface area is 117 Å². The first kappa shape index (κ1) is 14.7. The Morgan fingerprint density at radius 1 is 1.44 bits per heavy atom. The van der Waals surface area contributed by atoms with E-state index in [0.29, 0.717) is 21.4 Å². The van der Waals surface area contributed by atoms with Gasteiger partial charge < -0.3 is 10.4 Å². The molecule has 0 radical (unpaired) electrons. The van der Waals surface area contributed by atoms with Crippen LogP contribution in [0.3, 0.4) is 0 Å². The van der Waals surface area contributed by atoms with E-state index in [1.165, 1.54) is 6.07 Å². The topological polar surface area (TPSA) is 56.7 Å². The predicted molar refractivity (Wildman–Crippen MR) is 79.3 cm³/mol. The average molecular weight is 286 g/mol. The van der Waals surface area contributed by atoms with Crippen LogP contribution in [0.4, 0.5) is 0 Å². The maximum absolute atomic E-state index is 9.70. The van der Waals surface area contributed by atoms with Crippen LogP contribution in [-0.4, -0.2) is 22.0 Å². The first-order chi connectivity index (χ1) is 8.40. The van der Waals surface area contributed by atoms with Crippen molar-refractivity contribution in [1.82, 2.24) is 10.7 Å². The van der Waals surface area contributed by atoms with Crippen molar-refractivity contribution >= 4 is 34.6 Å². The Morgan fingerprint density at radius 3 is 2.72 bits per heavy atom. The van der Waals surface area contributed by atoms with Crippen molar-refractivity contribution < 1.29 is 5.11 Å². The van der Waals surface area contributed by atoms with Crippen LogP contribution in [0.1, 0.15) is 26.3 Å². The highest BCUT2D eigenvalue weighted by Crippen LogP contribution is 2.21. The molecule has 0 spiro atoms. The zero-order chi connectivity index (χ0) is 13.7. The number of phenolic OH excluding ortho intramolecular Hbond substituents is 1. The van der Waals surface area contributed by atoms with Gasteiger partial charge in [-0.25, -0.2) is 0 Å². The molecule has 0 atom stereocenters. The van der Waals surface area contributed by atoms with Crippen LogP contribution in [0.2, 0.25) is 5.02 Å². The summed E-state index contributed by atoms with van der Waals surface area (Å²) in [5.41, 5.74) is 3.88. The summed E-state index contributed by atoms with van der Waals surface area (Å²) < 4.78 is 0. The van der Waals surface area contributed by atoms with Gasteiger partial charge in [0.05, 0.1) is 5.71 Å². The van der Waals surface area contributed by atoms with E-state index in [1.807, 2.05) is 13.8 Å². The molecule has 0 aliphatic carbocycles. The van der Waals surface area contributed by atoms with Gasteiger partial charge in [0.1, 0.15) is 5.75 Å². The smallest absolute Gasteiger partial charge is 0.187 e. The van der Waals surface area contributed by atoms with E-state index in [4.69, 9.17) is 23.8 Å². The number of halogens is 1. The van der Waals surface area contributed by atoms with E-state index in [-0.39, 0.29) is 11.8 Å². The molecule has 0 fully saturated rings. The quantitative estimate of drug-likeness (QED) is 0.454. The van der Waals surface area contributed by atoms with E-state index in [0.717, 1.165) is 0 Å². The number of nitrogens with zero attached hydrogens (tertiary/aromatic N) is 1. The molecule has 0 saturated carbocycles. The zero-order valence-electron chi connectivity index (χ0n) is 10.5. The van der Waals surface area contributed by atoms with E-state index >= 15 is 0 Å². The van der Waals surface area contributed by atoms with Crippen LogP contribution >= 0.6 is 23.8 Å². The number of hydrogen-bond donors (Lipinski definition) is 3. The highest BCUT2D eigenvalue weighted by molar-refractivity contribution is 7.80. The molecule has 1 rings (SSSR count). The summed E-state index contributed by atoms with van der Waals surface area (Å²) >= 11 is 10.9. The van der Waals surface area contributed by atoms with E-state index in [2.05, 4.69) is 15.8 Å². The van der Waals surface area contributed by atoms with Crippen LogP contribution in [-0.2, 0) is 0 Å². The molecule has 0 bridgehead atoms. The van der Waals surface area contributed by atoms with Gasteiger partial charge >= 0.3 is 0 Å². The summed E-state index contributed by atoms with van der Waals surface area (Å²) in [4.78, 5) is 0. The fourth-order valence-corrected chi connectivity index (χ4v) is 1.74. The molecule has 0 aromatic heterocycles. The van der Waals surface area contributed by atoms with Crippen molar-refractivity contribution in [3.05, 3.63) is 28.8 Å². The molecule has 0 amide bonds. The maximum Gasteiger partial charge on any atom is 0.187 e. The van der Waals surface area contributed by atoms with Crippen molar-refractivity contribution in [2.45, 2.75) is 26.8 Å². The number of phenols is 1. The Balaban J connectivity index is 2.77. The van der Waals surface area contributed by atoms with Crippen molar-refractivity contribution in [2.24, 2.45) is 5.10 Å². The van der Waals surface area contributed by atoms with Crippen LogP contribution in [0, 0.1) is 0 Å². The average Bonchev–Trinajstić information content (AvgIpc) is 2.28. The third-order valence-electron chi connectivity index (χ3n) is 2.09. The second-order valence-corrected chi connectivity index (χ2v) is 4.94. The lowest BCUT2D eigenvalue weighted by Crippen LogP contribution is -2.37. The van der Waals surface area contributed by atoms with Crippen LogP contribution in [0.5, 0.6) is 5.75 Å². The molecule has 4 nitrogen and oxygen atoms in total. The van der Waals surface area contributed by atoms with Crippen molar-refractivity contribution in [3.63, 3.8) is 0 Å². The minimum atomic E-state index is 0.130. The SMILES string of the molecule is C/C(=N\NC(=S)NC(C)C)c1cc(Cl)ccc1O. The molecule has 0 aliphatic heterocycles. The predicted octanol–water partition coefficient (Wildman–Crippen LogP) is 2.64. The van der Waals surface area contributed by atoms with Crippen molar-refractivity contribution in [1.29, 1.82) is 0 Å². The molecule has 0 unspecified atom stereocenters. The number of hydrazone groups is 1. The van der Waals surface area contributed by atoms with Gasteiger partial charge in [0, 0.05) is 16.6 Å². The summed E-state index contributed by atoms with van der Waals surface area (Å²) in [6.07, 6.45) is 0. The number of rotatable bonds is 3. The Bertz CT molecular complexity index is 474. The second kappa shape index (κ2) is 6.56. The molecular formula is C12H16ClN3OS. The van der Waals surface area contributed by atoms with Crippen LogP contribution < -0.4 is 10.7 Å². The fraction of sp³-hybridized carbons (Fsp3) is 0.333. The highest BCUT2D eigenvalue weighted by atomic mass is 35.5. The Hall–Kier alpha value is -1.33. The lowest BCUT2D eigenvalue weighted by atomic mass is 10.1. The fourth-order valence-electron chi connectivity index (χ4n) is 1.29. The number of thiocarbonyl (C=S) groups is 1. The second-order valence-electron chi connectivity index (χ2n) is 4.10. The maximum atomic E-state index is 9.70. The first-order valence-electron chi connectivity index (χ1n) is 5.50. The summed E-state index contributed by atoms with van der Waals surface area (Å²) in [5, 5.41) is 17.8. The van der Waals surface area contributed by atoms with Gasteiger partial charge in [-0.15, -0.1) is 0 Å². The largest absolute Gasteiger partial charge is 0.507 e. The molecular weight excluding hydrogens is 270 g/mol. The number of aromatic hydroxyl groups is 1. The lowest BCUT2D eigenvalue weighted by Gasteiger charge is -2.11. The summed E-state index contributed by atoms with van der Waals surface area (Å²) in [6.45, 7) is 5.72. The summed E-state index contributed by atoms with van der Waals surface area (Å²) in [5.74, 6) is 0.130. The third-order valence-corrected chi connectivity index (χ3v) is 2.54. The Kier molecular flexibility index (Phi) is 5.37. The molecule has 3 N–H and O–H groups in total. The van der Waals surface area contributed by atoms with Gasteiger partial charge in [0.25, 0.3) is 0 Å². The molecule has 6 heteroatoms. The van der Waals surface area contributed by atoms with Gasteiger partial charge in [0.2, 0.25) is 0 Å². The monoisotopic (exact) mass is 285 g/mol. The van der Waals surface area contributed by atoms with E-state index in [9.17, 15) is 5.11 Å². The molecule has 1 aromatic carbocycles.